The van der Waals surface area contributed by atoms with Crippen LogP contribution in [0.1, 0.15) is 30.4 Å². The number of aliphatic carboxylic acids is 1. The molecule has 0 saturated heterocycles. The molecule has 232 valence electrons. The van der Waals surface area contributed by atoms with E-state index in [1.165, 1.54) is 24.3 Å². The molecule has 0 aliphatic carbocycles. The summed E-state index contributed by atoms with van der Waals surface area (Å²) < 4.78 is 0. The second-order valence-electron chi connectivity index (χ2n) is 9.81. The number of carboxylic acid groups (broad SMARTS) is 1. The van der Waals surface area contributed by atoms with Crippen LogP contribution in [0.5, 0.6) is 5.75 Å². The Kier molecular flexibility index (Phi) is 13.4. The quantitative estimate of drug-likeness (QED) is 0.0547. The van der Waals surface area contributed by atoms with Crippen LogP contribution in [0, 0.1) is 0 Å². The Morgan fingerprint density at radius 1 is 0.744 bits per heavy atom. The lowest BCUT2D eigenvalue weighted by Gasteiger charge is -2.25. The van der Waals surface area contributed by atoms with E-state index in [1.54, 1.807) is 30.3 Å². The van der Waals surface area contributed by atoms with E-state index in [9.17, 15) is 34.2 Å². The summed E-state index contributed by atoms with van der Waals surface area (Å²) >= 11 is 0. The van der Waals surface area contributed by atoms with Gasteiger partial charge in [0.2, 0.25) is 23.6 Å². The van der Waals surface area contributed by atoms with Crippen LogP contribution in [0.4, 0.5) is 0 Å². The van der Waals surface area contributed by atoms with Gasteiger partial charge in [0.1, 0.15) is 23.9 Å². The molecule has 2 aromatic rings. The number of carbonyl (C=O) groups is 5. The van der Waals surface area contributed by atoms with E-state index >= 15 is 0 Å². The van der Waals surface area contributed by atoms with E-state index in [-0.39, 0.29) is 43.9 Å². The summed E-state index contributed by atoms with van der Waals surface area (Å²) in [6, 6.07) is 9.41. The zero-order chi connectivity index (χ0) is 31.9. The summed E-state index contributed by atoms with van der Waals surface area (Å²) in [5.74, 6) is -4.63. The molecule has 43 heavy (non-hydrogen) atoms. The number of nitrogens with zero attached hydrogens (tertiary/aromatic N) is 1. The SMILES string of the molecule is NC(=O)CC(N)C(=O)NC(Cc1ccccc1)C(=O)NC(CCCN=C(N)N)C(=O)NC(Cc1ccc(O)cc1)C(=O)O. The van der Waals surface area contributed by atoms with E-state index < -0.39 is 60.2 Å². The number of primary amides is 1. The summed E-state index contributed by atoms with van der Waals surface area (Å²) in [7, 11) is 0. The topological polar surface area (TPSA) is 278 Å². The summed E-state index contributed by atoms with van der Waals surface area (Å²) in [4.78, 5) is 66.6. The Hall–Kier alpha value is -5.18. The van der Waals surface area contributed by atoms with Crippen LogP contribution in [-0.2, 0) is 36.8 Å². The first-order valence-electron chi connectivity index (χ1n) is 13.4. The van der Waals surface area contributed by atoms with Crippen LogP contribution in [-0.4, -0.2) is 76.5 Å². The number of aromatic hydroxyl groups is 1. The number of phenolic OH excluding ortho intramolecular Hbond substituents is 1. The number of guanidine groups is 1. The maximum Gasteiger partial charge on any atom is 0.326 e. The maximum atomic E-state index is 13.5. The fraction of sp³-hybridized carbons (Fsp3) is 0.357. The Morgan fingerprint density at radius 2 is 1.28 bits per heavy atom. The molecule has 0 bridgehead atoms. The summed E-state index contributed by atoms with van der Waals surface area (Å²) in [5, 5.41) is 26.8. The van der Waals surface area contributed by atoms with Gasteiger partial charge in [-0.15, -0.1) is 0 Å². The van der Waals surface area contributed by atoms with Crippen molar-refractivity contribution < 1.29 is 34.2 Å². The molecule has 0 aliphatic rings. The van der Waals surface area contributed by atoms with Crippen LogP contribution in [0.15, 0.2) is 59.6 Å². The number of nitrogens with one attached hydrogen (secondary N) is 3. The average molecular weight is 599 g/mol. The number of nitrogens with two attached hydrogens (primary N) is 4. The first kappa shape index (κ1) is 34.0. The smallest absolute Gasteiger partial charge is 0.326 e. The standard InChI is InChI=1S/C28H38N8O7/c29-19(15-23(30)38)24(39)35-21(13-16-5-2-1-3-6-16)26(41)34-20(7-4-12-33-28(31)32)25(40)36-22(27(42)43)14-17-8-10-18(37)11-9-17/h1-3,5-6,8-11,19-22,37H,4,7,12-15,29H2,(H2,30,38)(H,34,41)(H,35,39)(H,36,40)(H,42,43)(H4,31,32,33). The minimum atomic E-state index is -1.36. The van der Waals surface area contributed by atoms with Gasteiger partial charge in [-0.25, -0.2) is 4.79 Å². The third kappa shape index (κ3) is 12.5. The summed E-state index contributed by atoms with van der Waals surface area (Å²) in [5.41, 5.74) is 22.8. The molecule has 15 heteroatoms. The molecular weight excluding hydrogens is 560 g/mol. The van der Waals surface area contributed by atoms with Crippen LogP contribution < -0.4 is 38.9 Å². The third-order valence-electron chi connectivity index (χ3n) is 6.24. The van der Waals surface area contributed by atoms with Gasteiger partial charge in [0.15, 0.2) is 5.96 Å². The molecule has 0 aromatic heterocycles. The van der Waals surface area contributed by atoms with E-state index in [2.05, 4.69) is 20.9 Å². The predicted octanol–water partition coefficient (Wildman–Crippen LogP) is -2.03. The highest BCUT2D eigenvalue weighted by molar-refractivity contribution is 5.95. The largest absolute Gasteiger partial charge is 0.508 e. The van der Waals surface area contributed by atoms with Crippen molar-refractivity contribution in [1.29, 1.82) is 0 Å². The Morgan fingerprint density at radius 3 is 1.86 bits per heavy atom. The lowest BCUT2D eigenvalue weighted by molar-refractivity contribution is -0.142. The molecule has 15 nitrogen and oxygen atoms in total. The fourth-order valence-corrected chi connectivity index (χ4v) is 4.03. The van der Waals surface area contributed by atoms with Gasteiger partial charge in [-0.1, -0.05) is 42.5 Å². The number of carbonyl (C=O) groups excluding carboxylic acids is 4. The molecular formula is C28H38N8O7. The number of hydrogen-bond acceptors (Lipinski definition) is 8. The minimum Gasteiger partial charge on any atom is -0.508 e. The zero-order valence-corrected chi connectivity index (χ0v) is 23.4. The van der Waals surface area contributed by atoms with Crippen LogP contribution >= 0.6 is 0 Å². The molecule has 0 heterocycles. The molecule has 0 radical (unpaired) electrons. The molecule has 4 atom stereocenters. The normalized spacial score (nSPS) is 13.4. The molecule has 0 saturated carbocycles. The second kappa shape index (κ2) is 16.9. The Labute approximate surface area is 248 Å². The first-order valence-corrected chi connectivity index (χ1v) is 13.4. The lowest BCUT2D eigenvalue weighted by Crippen LogP contribution is -2.58. The van der Waals surface area contributed by atoms with Crippen molar-refractivity contribution in [3.05, 3.63) is 65.7 Å². The number of carboxylic acids is 1. The molecule has 0 aliphatic heterocycles. The number of aliphatic imine (C=N–C) groups is 1. The number of hydrogen-bond donors (Lipinski definition) is 9. The fourth-order valence-electron chi connectivity index (χ4n) is 4.03. The van der Waals surface area contributed by atoms with Crippen molar-refractivity contribution in [1.82, 2.24) is 16.0 Å². The highest BCUT2D eigenvalue weighted by Gasteiger charge is 2.30. The van der Waals surface area contributed by atoms with Gasteiger partial charge in [0.05, 0.1) is 12.5 Å². The van der Waals surface area contributed by atoms with Crippen LogP contribution in [0.3, 0.4) is 0 Å². The zero-order valence-electron chi connectivity index (χ0n) is 23.4. The molecule has 0 spiro atoms. The van der Waals surface area contributed by atoms with Gasteiger partial charge in [0, 0.05) is 19.4 Å². The van der Waals surface area contributed by atoms with Gasteiger partial charge in [0.25, 0.3) is 0 Å². The molecule has 0 fully saturated rings. The second-order valence-corrected chi connectivity index (χ2v) is 9.81. The van der Waals surface area contributed by atoms with Gasteiger partial charge in [-0.05, 0) is 36.1 Å². The lowest BCUT2D eigenvalue weighted by atomic mass is 10.0. The number of rotatable bonds is 17. The van der Waals surface area contributed by atoms with Gasteiger partial charge in [-0.3, -0.25) is 24.2 Å². The highest BCUT2D eigenvalue weighted by atomic mass is 16.4. The van der Waals surface area contributed by atoms with Crippen molar-refractivity contribution in [2.75, 3.05) is 6.54 Å². The van der Waals surface area contributed by atoms with Crippen LogP contribution in [0.2, 0.25) is 0 Å². The Balaban J connectivity index is 2.26. The average Bonchev–Trinajstić information content (AvgIpc) is 2.94. The van der Waals surface area contributed by atoms with Crippen molar-refractivity contribution in [3.8, 4) is 5.75 Å². The van der Waals surface area contributed by atoms with Crippen molar-refractivity contribution in [2.24, 2.45) is 27.9 Å². The monoisotopic (exact) mass is 598 g/mol. The number of amides is 4. The molecule has 4 amide bonds. The summed E-state index contributed by atoms with van der Waals surface area (Å²) in [6.45, 7) is 0.129. The molecule has 2 aromatic carbocycles. The van der Waals surface area contributed by atoms with E-state index in [0.717, 1.165) is 0 Å². The highest BCUT2D eigenvalue weighted by Crippen LogP contribution is 2.12. The maximum absolute atomic E-state index is 13.5. The molecule has 4 unspecified atom stereocenters. The van der Waals surface area contributed by atoms with E-state index in [0.29, 0.717) is 11.1 Å². The molecule has 2 rings (SSSR count). The van der Waals surface area contributed by atoms with Gasteiger partial charge in [-0.2, -0.15) is 0 Å². The van der Waals surface area contributed by atoms with Crippen molar-refractivity contribution in [3.63, 3.8) is 0 Å². The van der Waals surface area contributed by atoms with Crippen LogP contribution in [0.25, 0.3) is 0 Å². The number of benzene rings is 2. The first-order chi connectivity index (χ1) is 20.3. The minimum absolute atomic E-state index is 0.00376. The van der Waals surface area contributed by atoms with E-state index in [4.69, 9.17) is 22.9 Å². The summed E-state index contributed by atoms with van der Waals surface area (Å²) in [6.07, 6.45) is -0.264. The Bertz CT molecular complexity index is 1280. The van der Waals surface area contributed by atoms with Gasteiger partial charge < -0.3 is 49.1 Å². The molecule has 13 N–H and O–H groups in total. The van der Waals surface area contributed by atoms with Gasteiger partial charge >= 0.3 is 5.97 Å². The van der Waals surface area contributed by atoms with Crippen molar-refractivity contribution >= 4 is 35.6 Å². The van der Waals surface area contributed by atoms with E-state index in [1.807, 2.05) is 0 Å². The predicted molar refractivity (Wildman–Crippen MR) is 157 cm³/mol. The number of phenols is 1. The third-order valence-corrected chi connectivity index (χ3v) is 6.24. The van der Waals surface area contributed by atoms with Crippen molar-refractivity contribution in [2.45, 2.75) is 56.3 Å².